The summed E-state index contributed by atoms with van der Waals surface area (Å²) in [5.41, 5.74) is 0. The van der Waals surface area contributed by atoms with Gasteiger partial charge in [0.25, 0.3) is 11.9 Å². The summed E-state index contributed by atoms with van der Waals surface area (Å²) in [6, 6.07) is 0. The Balaban J connectivity index is -0.0000000825. The smallest absolute Gasteiger partial charge is 0.481 e. The van der Waals surface area contributed by atoms with Crippen molar-refractivity contribution >= 4 is 30.2 Å². The van der Waals surface area contributed by atoms with Gasteiger partial charge in [0, 0.05) is 34.5 Å². The molecule has 0 aromatic rings. The second-order valence-corrected chi connectivity index (χ2v) is 10.3. The molecule has 0 radical (unpaired) electrons. The van der Waals surface area contributed by atoms with E-state index >= 15 is 0 Å². The van der Waals surface area contributed by atoms with Crippen LogP contribution in [0.25, 0.3) is 0 Å². The SMILES string of the molecule is C=C.CC(=O)O.CC(=O)O.CC1COC(=O)O1.CCCCC(CC)COC(C)=O.CCCCOCCO.COCOCCO.O=C1OCCO1.OCCO.OCCO. The molecule has 2 aliphatic rings. The van der Waals surface area contributed by atoms with Crippen molar-refractivity contribution in [2.24, 2.45) is 5.92 Å². The minimum atomic E-state index is -0.833. The van der Waals surface area contributed by atoms with Crippen LogP contribution in [0, 0.1) is 5.92 Å². The Morgan fingerprint density at radius 1 is 0.707 bits per heavy atom. The van der Waals surface area contributed by atoms with Gasteiger partial charge in [-0.15, -0.1) is 13.2 Å². The highest BCUT2D eigenvalue weighted by Crippen LogP contribution is 2.12. The lowest BCUT2D eigenvalue weighted by Crippen LogP contribution is -2.11. The van der Waals surface area contributed by atoms with E-state index in [0.717, 1.165) is 39.7 Å². The molecule has 0 aliphatic carbocycles. The van der Waals surface area contributed by atoms with Crippen molar-refractivity contribution in [2.75, 3.05) is 99.8 Å². The summed E-state index contributed by atoms with van der Waals surface area (Å²) in [7, 11) is 1.54. The molecule has 0 spiro atoms. The first-order valence-electron chi connectivity index (χ1n) is 18.5. The first kappa shape index (κ1) is 72.0. The minimum Gasteiger partial charge on any atom is -0.481 e. The third-order valence-corrected chi connectivity index (χ3v) is 4.84. The van der Waals surface area contributed by atoms with Crippen LogP contribution >= 0.6 is 0 Å². The normalized spacial score (nSPS) is 12.6. The van der Waals surface area contributed by atoms with E-state index in [1.165, 1.54) is 33.3 Å². The number of carbonyl (C=O) groups excluding carboxylic acids is 3. The van der Waals surface area contributed by atoms with Crippen LogP contribution in [0.5, 0.6) is 0 Å². The van der Waals surface area contributed by atoms with E-state index in [-0.39, 0.29) is 58.5 Å². The fourth-order valence-corrected chi connectivity index (χ4v) is 2.46. The minimum absolute atomic E-state index is 0.0486. The van der Waals surface area contributed by atoms with E-state index in [1.807, 2.05) is 0 Å². The van der Waals surface area contributed by atoms with Gasteiger partial charge in [-0.2, -0.15) is 0 Å². The van der Waals surface area contributed by atoms with Crippen LogP contribution in [0.3, 0.4) is 0 Å². The van der Waals surface area contributed by atoms with Gasteiger partial charge >= 0.3 is 18.3 Å². The second kappa shape index (κ2) is 71.1. The Bertz CT molecular complexity index is 772. The molecule has 0 aromatic carbocycles. The number of hydrogen-bond donors (Lipinski definition) is 8. The van der Waals surface area contributed by atoms with E-state index in [9.17, 15) is 14.4 Å². The number of cyclic esters (lactones) is 4. The second-order valence-electron chi connectivity index (χ2n) is 10.3. The Morgan fingerprint density at radius 3 is 1.38 bits per heavy atom. The number of aliphatic hydroxyl groups excluding tert-OH is 6. The molecule has 8 N–H and O–H groups in total. The first-order chi connectivity index (χ1) is 27.5. The number of ether oxygens (including phenoxy) is 8. The molecule has 2 aliphatic heterocycles. The van der Waals surface area contributed by atoms with E-state index < -0.39 is 24.2 Å². The predicted molar refractivity (Wildman–Crippen MR) is 213 cm³/mol. The summed E-state index contributed by atoms with van der Waals surface area (Å²) >= 11 is 0. The average Bonchev–Trinajstić information content (AvgIpc) is 3.84. The van der Waals surface area contributed by atoms with Crippen molar-refractivity contribution in [3.05, 3.63) is 13.2 Å². The molecule has 0 amide bonds. The van der Waals surface area contributed by atoms with Crippen LogP contribution in [0.15, 0.2) is 13.2 Å². The standard InChI is InChI=1S/C10H20O2.C6H14O2.C4H6O3.C4H10O3.C3H4O3.2C2H4O2.2C2H6O2.C2H4/c1-4-6-7-10(5-2)8-12-9(3)11;1-2-3-5-8-6-4-7;1-3-2-6-4(5)7-3;1-6-4-7-3-2-5;4-3-5-1-2-6-3;2*1-2(3)4;2*3-1-2-4;1-2/h10H,4-8H2,1-3H3;7H,2-6H2,1H3;3H,2H2,1H3;5H,2-4H2,1H3;1-2H2;2*1H3,(H,3,4);2*3-4H,1-2H2;1-2H2. The van der Waals surface area contributed by atoms with Gasteiger partial charge in [0.2, 0.25) is 0 Å². The summed E-state index contributed by atoms with van der Waals surface area (Å²) in [4.78, 5) is 48.3. The van der Waals surface area contributed by atoms with Gasteiger partial charge in [0.1, 0.15) is 32.7 Å². The fraction of sp³-hybridized carbons (Fsp3) is 0.811. The zero-order chi connectivity index (χ0) is 46.8. The zero-order valence-corrected chi connectivity index (χ0v) is 36.1. The van der Waals surface area contributed by atoms with Crippen molar-refractivity contribution in [3.63, 3.8) is 0 Å². The van der Waals surface area contributed by atoms with Gasteiger partial charge in [-0.25, -0.2) is 9.59 Å². The van der Waals surface area contributed by atoms with E-state index in [4.69, 9.17) is 59.9 Å². The molecule has 0 saturated carbocycles. The lowest BCUT2D eigenvalue weighted by atomic mass is 10.0. The molecule has 352 valence electrons. The molecule has 2 fully saturated rings. The molecule has 2 saturated heterocycles. The van der Waals surface area contributed by atoms with Crippen molar-refractivity contribution in [1.29, 1.82) is 0 Å². The van der Waals surface area contributed by atoms with Crippen LogP contribution in [-0.2, 0) is 52.3 Å². The highest BCUT2D eigenvalue weighted by atomic mass is 16.8. The van der Waals surface area contributed by atoms with Gasteiger partial charge in [0.05, 0.1) is 59.5 Å². The molecule has 2 rings (SSSR count). The van der Waals surface area contributed by atoms with Crippen LogP contribution in [-0.4, -0.2) is 177 Å². The van der Waals surface area contributed by atoms with Gasteiger partial charge in [-0.3, -0.25) is 14.4 Å². The molecular weight excluding hydrogens is 780 g/mol. The van der Waals surface area contributed by atoms with Crippen molar-refractivity contribution in [1.82, 2.24) is 0 Å². The largest absolute Gasteiger partial charge is 0.508 e. The molecule has 0 bridgehead atoms. The van der Waals surface area contributed by atoms with E-state index in [0.29, 0.717) is 45.6 Å². The summed E-state index contributed by atoms with van der Waals surface area (Å²) in [5, 5.41) is 61.7. The van der Waals surface area contributed by atoms with Crippen molar-refractivity contribution in [3.8, 4) is 0 Å². The number of aliphatic hydroxyl groups is 6. The number of rotatable bonds is 17. The van der Waals surface area contributed by atoms with Crippen LogP contribution in [0.4, 0.5) is 9.59 Å². The van der Waals surface area contributed by atoms with Crippen LogP contribution in [0.2, 0.25) is 0 Å². The molecule has 21 nitrogen and oxygen atoms in total. The molecule has 2 heterocycles. The molecule has 21 heteroatoms. The zero-order valence-electron chi connectivity index (χ0n) is 36.1. The van der Waals surface area contributed by atoms with Crippen molar-refractivity contribution in [2.45, 2.75) is 93.1 Å². The van der Waals surface area contributed by atoms with Crippen LogP contribution < -0.4 is 0 Å². The maximum atomic E-state index is 10.5. The Morgan fingerprint density at radius 2 is 1.14 bits per heavy atom. The van der Waals surface area contributed by atoms with Gasteiger partial charge in [-0.05, 0) is 25.7 Å². The van der Waals surface area contributed by atoms with Gasteiger partial charge in [0.15, 0.2) is 0 Å². The topological polar surface area (TPSA) is 321 Å². The first-order valence-corrected chi connectivity index (χ1v) is 18.5. The number of hydrogen-bond acceptors (Lipinski definition) is 19. The highest BCUT2D eigenvalue weighted by Gasteiger charge is 2.19. The third kappa shape index (κ3) is 117. The number of methoxy groups -OCH3 is 1. The third-order valence-electron chi connectivity index (χ3n) is 4.84. The number of carboxylic acid groups (broad SMARTS) is 2. The van der Waals surface area contributed by atoms with E-state index in [1.54, 1.807) is 6.92 Å². The summed E-state index contributed by atoms with van der Waals surface area (Å²) in [6.07, 6.45) is 5.85. The quantitative estimate of drug-likeness (QED) is 0.0343. The van der Waals surface area contributed by atoms with Gasteiger partial charge < -0.3 is 78.7 Å². The maximum absolute atomic E-state index is 10.5. The monoisotopic (exact) mass is 859 g/mol. The molecule has 0 aromatic heterocycles. The summed E-state index contributed by atoms with van der Waals surface area (Å²) in [6.45, 7) is 21.3. The number of carbonyl (C=O) groups is 5. The Labute approximate surface area is 344 Å². The number of esters is 1. The number of unbranched alkanes of at least 4 members (excludes halogenated alkanes) is 2. The van der Waals surface area contributed by atoms with Crippen molar-refractivity contribution < 1.29 is 103 Å². The lowest BCUT2D eigenvalue weighted by Gasteiger charge is -2.13. The number of aliphatic carboxylic acids is 2. The summed E-state index contributed by atoms with van der Waals surface area (Å²) < 4.78 is 36.6. The average molecular weight is 859 g/mol. The Hall–Kier alpha value is -3.67. The van der Waals surface area contributed by atoms with E-state index in [2.05, 4.69) is 62.4 Å². The predicted octanol–water partition coefficient (Wildman–Crippen LogP) is 2.78. The summed E-state index contributed by atoms with van der Waals surface area (Å²) in [5.74, 6) is -1.27. The molecule has 2 unspecified atom stereocenters. The van der Waals surface area contributed by atoms with Crippen LogP contribution in [0.1, 0.15) is 87.0 Å². The maximum Gasteiger partial charge on any atom is 0.508 e. The number of carboxylic acids is 2. The Kier molecular flexibility index (Phi) is 88.2. The highest BCUT2D eigenvalue weighted by molar-refractivity contribution is 5.65. The molecular formula is C37H78O21. The fourth-order valence-electron chi connectivity index (χ4n) is 2.46. The lowest BCUT2D eigenvalue weighted by molar-refractivity contribution is -0.142. The molecule has 2 atom stereocenters. The molecule has 58 heavy (non-hydrogen) atoms. The van der Waals surface area contributed by atoms with Gasteiger partial charge in [-0.1, -0.05) is 46.5 Å².